The summed E-state index contributed by atoms with van der Waals surface area (Å²) in [6.45, 7) is 1.94. The zero-order valence-corrected chi connectivity index (χ0v) is 14.5. The minimum absolute atomic E-state index is 0. The first-order valence-electron chi connectivity index (χ1n) is 2.76. The molecule has 0 aromatic rings. The summed E-state index contributed by atoms with van der Waals surface area (Å²) in [5.74, 6) is -0.494. The Morgan fingerprint density at radius 3 is 2.55 bits per heavy atom. The monoisotopic (exact) mass is 395 g/mol. The van der Waals surface area contributed by atoms with Gasteiger partial charge in [-0.2, -0.15) is 12.8 Å². The van der Waals surface area contributed by atoms with Crippen LogP contribution in [0, 0.1) is 6.42 Å². The van der Waals surface area contributed by atoms with Gasteiger partial charge < -0.3 is 21.3 Å². The predicted octanol–water partition coefficient (Wildman–Crippen LogP) is -2.04. The summed E-state index contributed by atoms with van der Waals surface area (Å²) in [5, 5.41) is 2.86. The normalized spacial score (nSPS) is 6.64. The molecule has 5 heteroatoms. The smallest absolute Gasteiger partial charge is 0.805 e. The standard InChI is InChI=1S/C6H8NO2.Rb.W/c1-2-3-4-6(9)7-5-8;;/h4H,2-3H2,1H3;;/q-3;+1;+2. The average Bonchev–Trinajstić information content (AvgIpc) is 1.85. The van der Waals surface area contributed by atoms with E-state index in [2.05, 4.69) is 5.32 Å². The fourth-order valence-electron chi connectivity index (χ4n) is 0.358. The number of rotatable bonds is 4. The van der Waals surface area contributed by atoms with Crippen molar-refractivity contribution in [3.05, 3.63) is 11.7 Å². The molecule has 0 spiro atoms. The van der Waals surface area contributed by atoms with Crippen LogP contribution in [0.1, 0.15) is 19.8 Å². The van der Waals surface area contributed by atoms with E-state index in [4.69, 9.17) is 0 Å². The zero-order valence-electron chi connectivity index (χ0n) is 6.66. The Kier molecular flexibility index (Phi) is 23.4. The summed E-state index contributed by atoms with van der Waals surface area (Å²) in [6, 6.07) is 0. The number of unbranched alkanes of at least 4 members (excludes halogenated alkanes) is 1. The van der Waals surface area contributed by atoms with Gasteiger partial charge in [0.1, 0.15) is 0 Å². The second kappa shape index (κ2) is 14.1. The minimum atomic E-state index is -0.494. The molecule has 0 heterocycles. The van der Waals surface area contributed by atoms with E-state index in [1.807, 2.05) is 6.92 Å². The largest absolute Gasteiger partial charge is 2.00 e. The average molecular weight is 395 g/mol. The van der Waals surface area contributed by atoms with E-state index in [0.29, 0.717) is 6.42 Å². The molecule has 0 unspecified atom stereocenters. The van der Waals surface area contributed by atoms with Crippen molar-refractivity contribution >= 4 is 12.3 Å². The van der Waals surface area contributed by atoms with Crippen LogP contribution < -0.4 is 58.2 Å². The fourth-order valence-corrected chi connectivity index (χ4v) is 0.358. The van der Waals surface area contributed by atoms with Crippen LogP contribution in [0.4, 0.5) is 0 Å². The van der Waals surface area contributed by atoms with Crippen LogP contribution in [0.15, 0.2) is 0 Å². The fraction of sp³-hybridized carbons (Fsp3) is 0.500. The first-order valence-corrected chi connectivity index (χ1v) is 2.76. The van der Waals surface area contributed by atoms with E-state index in [1.54, 1.807) is 0 Å². The topological polar surface area (TPSA) is 48.2 Å². The van der Waals surface area contributed by atoms with E-state index in [1.165, 1.54) is 12.8 Å². The number of carbonyl (C=O) groups is 1. The molecule has 0 aromatic carbocycles. The summed E-state index contributed by atoms with van der Waals surface area (Å²) >= 11 is 0. The molecule has 0 atom stereocenters. The van der Waals surface area contributed by atoms with Crippen LogP contribution in [-0.2, 0) is 30.7 Å². The van der Waals surface area contributed by atoms with Crippen LogP contribution in [0.3, 0.4) is 0 Å². The van der Waals surface area contributed by atoms with Gasteiger partial charge in [-0.15, -0.1) is 0 Å². The van der Waals surface area contributed by atoms with E-state index in [0.717, 1.165) is 6.42 Å². The maximum atomic E-state index is 10.3. The molecule has 3 nitrogen and oxygen atoms in total. The first-order chi connectivity index (χ1) is 4.31. The van der Waals surface area contributed by atoms with Crippen LogP contribution in [0.25, 0.3) is 5.32 Å². The SMILES string of the molecule is CCC[CH-]C(=O)[N-][C-]=O.[Rb+].[W+2]. The van der Waals surface area contributed by atoms with Gasteiger partial charge in [-0.05, 0) is 0 Å². The third-order valence-electron chi connectivity index (χ3n) is 0.763. The van der Waals surface area contributed by atoms with Crippen molar-refractivity contribution in [2.75, 3.05) is 0 Å². The molecule has 0 rings (SSSR count). The summed E-state index contributed by atoms with van der Waals surface area (Å²) < 4.78 is 0. The molecular formula is C6H8NO2RbW. The Labute approximate surface area is 130 Å². The second-order valence-electron chi connectivity index (χ2n) is 1.53. The molecule has 0 N–H and O–H groups in total. The van der Waals surface area contributed by atoms with Gasteiger partial charge in [-0.1, -0.05) is 13.3 Å². The van der Waals surface area contributed by atoms with Gasteiger partial charge in [0.25, 0.3) is 0 Å². The second-order valence-corrected chi connectivity index (χ2v) is 1.53. The van der Waals surface area contributed by atoms with Crippen molar-refractivity contribution in [2.24, 2.45) is 0 Å². The Bertz CT molecular complexity index is 111. The Morgan fingerprint density at radius 1 is 1.64 bits per heavy atom. The van der Waals surface area contributed by atoms with Crippen molar-refractivity contribution in [1.29, 1.82) is 0 Å². The summed E-state index contributed by atoms with van der Waals surface area (Å²) in [4.78, 5) is 19.8. The van der Waals surface area contributed by atoms with Crippen molar-refractivity contribution in [3.63, 3.8) is 0 Å². The van der Waals surface area contributed by atoms with Crippen molar-refractivity contribution in [1.82, 2.24) is 0 Å². The number of nitrogens with zero attached hydrogens (tertiary/aromatic N) is 1. The van der Waals surface area contributed by atoms with E-state index < -0.39 is 5.91 Å². The third-order valence-corrected chi connectivity index (χ3v) is 0.763. The molecule has 0 bridgehead atoms. The molecule has 0 aliphatic rings. The quantitative estimate of drug-likeness (QED) is 0.515. The molecule has 0 fully saturated rings. The molecule has 2 amide bonds. The molecule has 0 aromatic heterocycles. The molecule has 0 saturated carbocycles. The summed E-state index contributed by atoms with van der Waals surface area (Å²) in [5.41, 5.74) is 0. The number of carbonyl (C=O) groups excluding carboxylic acids is 2. The Hall–Kier alpha value is 1.50. The number of imide groups is 1. The number of hydrogen-bond donors (Lipinski definition) is 0. The van der Waals surface area contributed by atoms with Gasteiger partial charge in [-0.25, -0.2) is 0 Å². The van der Waals surface area contributed by atoms with Crippen LogP contribution in [-0.4, -0.2) is 12.3 Å². The van der Waals surface area contributed by atoms with Gasteiger partial charge in [0.05, 0.1) is 0 Å². The van der Waals surface area contributed by atoms with E-state index >= 15 is 0 Å². The van der Waals surface area contributed by atoms with Gasteiger partial charge >= 0.3 is 79.3 Å². The number of hydrogen-bond acceptors (Lipinski definition) is 2. The van der Waals surface area contributed by atoms with Crippen LogP contribution >= 0.6 is 0 Å². The zero-order chi connectivity index (χ0) is 7.11. The predicted molar refractivity (Wildman–Crippen MR) is 33.3 cm³/mol. The van der Waals surface area contributed by atoms with Crippen LogP contribution in [0.2, 0.25) is 0 Å². The molecule has 0 aliphatic heterocycles. The number of amides is 2. The van der Waals surface area contributed by atoms with Crippen molar-refractivity contribution in [3.8, 4) is 0 Å². The van der Waals surface area contributed by atoms with E-state index in [9.17, 15) is 9.59 Å². The van der Waals surface area contributed by atoms with Gasteiger partial charge in [0, 0.05) is 0 Å². The van der Waals surface area contributed by atoms with Crippen LogP contribution in [0.5, 0.6) is 0 Å². The molecule has 0 saturated heterocycles. The summed E-state index contributed by atoms with van der Waals surface area (Å²) in [6.07, 6.45) is 4.10. The Balaban J connectivity index is -0.000000320. The third kappa shape index (κ3) is 14.4. The molecule has 0 radical (unpaired) electrons. The molecular weight excluding hydrogens is 387 g/mol. The van der Waals surface area contributed by atoms with Crippen molar-refractivity contribution < 1.29 is 88.8 Å². The van der Waals surface area contributed by atoms with Gasteiger partial charge in [-0.3, -0.25) is 5.91 Å². The maximum Gasteiger partial charge on any atom is 2.00 e. The Morgan fingerprint density at radius 2 is 2.18 bits per heavy atom. The molecule has 56 valence electrons. The minimum Gasteiger partial charge on any atom is -0.805 e. The maximum absolute atomic E-state index is 10.3. The van der Waals surface area contributed by atoms with Gasteiger partial charge in [0.2, 0.25) is 0 Å². The summed E-state index contributed by atoms with van der Waals surface area (Å²) in [7, 11) is 0. The first kappa shape index (κ1) is 18.3. The molecule has 11 heavy (non-hydrogen) atoms. The molecule has 0 aliphatic carbocycles. The van der Waals surface area contributed by atoms with Gasteiger partial charge in [0.15, 0.2) is 0 Å². The van der Waals surface area contributed by atoms with E-state index in [-0.39, 0.29) is 79.3 Å². The van der Waals surface area contributed by atoms with Crippen molar-refractivity contribution in [2.45, 2.75) is 19.8 Å².